The molecule has 2 rings (SSSR count). The summed E-state index contributed by atoms with van der Waals surface area (Å²) in [5, 5.41) is 8.78. The number of nitrogens with one attached hydrogen (secondary N) is 2. The molecule has 1 amide bonds. The topological polar surface area (TPSA) is 93.3 Å². The number of nitrogens with zero attached hydrogens (tertiary/aromatic N) is 1. The maximum Gasteiger partial charge on any atom is 0.412 e. The van der Waals surface area contributed by atoms with E-state index in [1.807, 2.05) is 0 Å². The Bertz CT molecular complexity index is 660. The molecule has 0 aliphatic heterocycles. The third kappa shape index (κ3) is 4.62. The number of hydrogen-bond donors (Lipinski definition) is 2. The van der Waals surface area contributed by atoms with E-state index in [0.717, 1.165) is 0 Å². The minimum Gasteiger partial charge on any atom is -0.444 e. The summed E-state index contributed by atoms with van der Waals surface area (Å²) in [6.07, 6.45) is 2.22. The maximum absolute atomic E-state index is 11.8. The minimum absolute atomic E-state index is 0.305. The Hall–Kier alpha value is -2.83. The maximum atomic E-state index is 11.8. The van der Waals surface area contributed by atoms with E-state index < -0.39 is 17.7 Å². The number of benzene rings is 1. The molecular weight excluding hydrogens is 286 g/mol. The molecule has 0 aliphatic rings. The smallest absolute Gasteiger partial charge is 0.412 e. The Morgan fingerprint density at radius 3 is 2.68 bits per heavy atom. The van der Waals surface area contributed by atoms with Gasteiger partial charge >= 0.3 is 12.1 Å². The number of H-pyrrole nitrogens is 1. The van der Waals surface area contributed by atoms with E-state index >= 15 is 0 Å². The largest absolute Gasteiger partial charge is 0.444 e. The molecule has 2 aromatic rings. The van der Waals surface area contributed by atoms with Gasteiger partial charge in [0.25, 0.3) is 0 Å². The fraction of sp³-hybridized carbons (Fsp3) is 0.267. The number of rotatable bonds is 3. The molecule has 116 valence electrons. The monoisotopic (exact) mass is 303 g/mol. The van der Waals surface area contributed by atoms with E-state index in [9.17, 15) is 9.59 Å². The van der Waals surface area contributed by atoms with E-state index in [-0.39, 0.29) is 0 Å². The van der Waals surface area contributed by atoms with Crippen LogP contribution in [0, 0.1) is 0 Å². The normalized spacial score (nSPS) is 10.9. The van der Waals surface area contributed by atoms with Gasteiger partial charge in [0.05, 0.1) is 11.8 Å². The number of anilines is 1. The Labute approximate surface area is 127 Å². The molecule has 22 heavy (non-hydrogen) atoms. The van der Waals surface area contributed by atoms with Crippen LogP contribution in [-0.2, 0) is 4.74 Å². The first-order valence-electron chi connectivity index (χ1n) is 6.64. The van der Waals surface area contributed by atoms with Crippen LogP contribution in [-0.4, -0.2) is 27.9 Å². The average molecular weight is 303 g/mol. The summed E-state index contributed by atoms with van der Waals surface area (Å²) in [7, 11) is 0. The molecule has 1 heterocycles. The molecule has 0 spiro atoms. The lowest BCUT2D eigenvalue weighted by Gasteiger charge is -2.19. The second kappa shape index (κ2) is 6.30. The molecule has 0 saturated carbocycles. The van der Waals surface area contributed by atoms with E-state index in [4.69, 9.17) is 9.47 Å². The van der Waals surface area contributed by atoms with Gasteiger partial charge in [-0.15, -0.1) is 0 Å². The van der Waals surface area contributed by atoms with Gasteiger partial charge in [-0.2, -0.15) is 5.10 Å². The van der Waals surface area contributed by atoms with Crippen LogP contribution in [0.2, 0.25) is 0 Å². The average Bonchev–Trinajstić information content (AvgIpc) is 2.90. The molecule has 0 radical (unpaired) electrons. The molecule has 1 aromatic heterocycles. The molecule has 0 bridgehead atoms. The first-order chi connectivity index (χ1) is 10.3. The van der Waals surface area contributed by atoms with Crippen LogP contribution in [0.5, 0.6) is 5.75 Å². The number of aromatic nitrogens is 2. The van der Waals surface area contributed by atoms with E-state index in [0.29, 0.717) is 17.0 Å². The van der Waals surface area contributed by atoms with Crippen LogP contribution in [0.25, 0.3) is 0 Å². The second-order valence-corrected chi connectivity index (χ2v) is 5.53. The van der Waals surface area contributed by atoms with Gasteiger partial charge in [0.15, 0.2) is 0 Å². The van der Waals surface area contributed by atoms with Gasteiger partial charge in [0.1, 0.15) is 11.4 Å². The third-order valence-electron chi connectivity index (χ3n) is 2.42. The quantitative estimate of drug-likeness (QED) is 0.671. The number of aromatic amines is 1. The summed E-state index contributed by atoms with van der Waals surface area (Å²) in [4.78, 5) is 23.5. The zero-order chi connectivity index (χ0) is 16.2. The van der Waals surface area contributed by atoms with Crippen molar-refractivity contribution in [3.8, 4) is 5.75 Å². The number of amides is 1. The molecule has 0 saturated heterocycles. The molecule has 0 fully saturated rings. The lowest BCUT2D eigenvalue weighted by molar-refractivity contribution is 0.0635. The van der Waals surface area contributed by atoms with Gasteiger partial charge in [-0.1, -0.05) is 6.07 Å². The summed E-state index contributed by atoms with van der Waals surface area (Å²) < 4.78 is 10.3. The van der Waals surface area contributed by atoms with Crippen molar-refractivity contribution in [2.75, 3.05) is 5.32 Å². The van der Waals surface area contributed by atoms with E-state index in [1.54, 1.807) is 39.0 Å². The van der Waals surface area contributed by atoms with Crippen molar-refractivity contribution < 1.29 is 19.1 Å². The highest BCUT2D eigenvalue weighted by atomic mass is 16.6. The van der Waals surface area contributed by atoms with Crippen LogP contribution < -0.4 is 10.1 Å². The first-order valence-corrected chi connectivity index (χ1v) is 6.64. The van der Waals surface area contributed by atoms with E-state index in [1.165, 1.54) is 18.5 Å². The first kappa shape index (κ1) is 15.6. The Balaban J connectivity index is 2.01. The van der Waals surface area contributed by atoms with Crippen LogP contribution in [0.3, 0.4) is 0 Å². The van der Waals surface area contributed by atoms with Crippen molar-refractivity contribution in [1.82, 2.24) is 10.2 Å². The number of ether oxygens (including phenoxy) is 2. The van der Waals surface area contributed by atoms with Gasteiger partial charge in [0, 0.05) is 18.0 Å². The minimum atomic E-state index is -0.588. The van der Waals surface area contributed by atoms with Crippen molar-refractivity contribution in [2.24, 2.45) is 0 Å². The lowest BCUT2D eigenvalue weighted by atomic mass is 10.2. The second-order valence-electron chi connectivity index (χ2n) is 5.53. The molecule has 1 aromatic carbocycles. The van der Waals surface area contributed by atoms with Crippen molar-refractivity contribution in [2.45, 2.75) is 26.4 Å². The van der Waals surface area contributed by atoms with Crippen molar-refractivity contribution >= 4 is 17.7 Å². The third-order valence-corrected chi connectivity index (χ3v) is 2.42. The van der Waals surface area contributed by atoms with Gasteiger partial charge in [-0.05, 0) is 32.9 Å². The van der Waals surface area contributed by atoms with Gasteiger partial charge in [-0.3, -0.25) is 10.4 Å². The Morgan fingerprint density at radius 1 is 1.27 bits per heavy atom. The molecule has 0 aliphatic carbocycles. The molecular formula is C15H17N3O4. The molecule has 0 unspecified atom stereocenters. The summed E-state index contributed by atoms with van der Waals surface area (Å²) >= 11 is 0. The molecule has 0 atom stereocenters. The molecule has 7 nitrogen and oxygen atoms in total. The van der Waals surface area contributed by atoms with Gasteiger partial charge < -0.3 is 9.47 Å². The summed E-state index contributed by atoms with van der Waals surface area (Å²) in [6, 6.07) is 6.46. The fourth-order valence-electron chi connectivity index (χ4n) is 1.59. The van der Waals surface area contributed by atoms with Crippen molar-refractivity contribution in [1.29, 1.82) is 0 Å². The standard InChI is InChI=1S/C15H17N3O4/c1-15(2,3)22-14(20)18-11-5-4-6-12(7-11)21-13(19)10-8-16-17-9-10/h4-9H,1-3H3,(H,16,17)(H,18,20). The zero-order valence-electron chi connectivity index (χ0n) is 12.5. The van der Waals surface area contributed by atoms with Gasteiger partial charge in [0.2, 0.25) is 0 Å². The summed E-state index contributed by atoms with van der Waals surface area (Å²) in [5.41, 5.74) is 0.187. The van der Waals surface area contributed by atoms with Crippen molar-refractivity contribution in [3.05, 3.63) is 42.2 Å². The molecule has 7 heteroatoms. The highest BCUT2D eigenvalue weighted by Gasteiger charge is 2.16. The predicted octanol–water partition coefficient (Wildman–Crippen LogP) is 2.98. The number of hydrogen-bond acceptors (Lipinski definition) is 5. The van der Waals surface area contributed by atoms with Crippen LogP contribution in [0.1, 0.15) is 31.1 Å². The van der Waals surface area contributed by atoms with Crippen LogP contribution in [0.4, 0.5) is 10.5 Å². The Kier molecular flexibility index (Phi) is 4.45. The SMILES string of the molecule is CC(C)(C)OC(=O)Nc1cccc(OC(=O)c2cn[nH]c2)c1. The zero-order valence-corrected chi connectivity index (χ0v) is 12.5. The van der Waals surface area contributed by atoms with E-state index in [2.05, 4.69) is 15.5 Å². The fourth-order valence-corrected chi connectivity index (χ4v) is 1.59. The molecule has 2 N–H and O–H groups in total. The highest BCUT2D eigenvalue weighted by Crippen LogP contribution is 2.19. The summed E-state index contributed by atoms with van der Waals surface area (Å²) in [5.74, 6) is -0.233. The van der Waals surface area contributed by atoms with Crippen molar-refractivity contribution in [3.63, 3.8) is 0 Å². The summed E-state index contributed by atoms with van der Waals surface area (Å²) in [6.45, 7) is 5.32. The Morgan fingerprint density at radius 2 is 2.05 bits per heavy atom. The number of esters is 1. The highest BCUT2D eigenvalue weighted by molar-refractivity contribution is 5.91. The predicted molar refractivity (Wildman–Crippen MR) is 79.8 cm³/mol. The van der Waals surface area contributed by atoms with Crippen LogP contribution in [0.15, 0.2) is 36.7 Å². The number of carbonyl (C=O) groups excluding carboxylic acids is 2. The van der Waals surface area contributed by atoms with Crippen LogP contribution >= 0.6 is 0 Å². The lowest BCUT2D eigenvalue weighted by Crippen LogP contribution is -2.27. The van der Waals surface area contributed by atoms with Gasteiger partial charge in [-0.25, -0.2) is 9.59 Å². The number of carbonyl (C=O) groups is 2.